The van der Waals surface area contributed by atoms with Crippen molar-refractivity contribution in [1.29, 1.82) is 0 Å². The highest BCUT2D eigenvalue weighted by molar-refractivity contribution is 9.10. The SMILES string of the molecule is O=C(c1ccc(Br)cc1)N1N=C2CCCCC[C@H]2[C@@]1(O)C(F)(F)F. The molecule has 1 aliphatic heterocycles. The molecule has 2 atom stereocenters. The molecule has 8 heteroatoms. The van der Waals surface area contributed by atoms with Crippen LogP contribution in [-0.2, 0) is 0 Å². The molecule has 0 bridgehead atoms. The van der Waals surface area contributed by atoms with E-state index >= 15 is 0 Å². The number of carbonyl (C=O) groups excluding carboxylic acids is 1. The van der Waals surface area contributed by atoms with Crippen LogP contribution >= 0.6 is 15.9 Å². The first-order valence-corrected chi connectivity index (χ1v) is 8.51. The summed E-state index contributed by atoms with van der Waals surface area (Å²) in [5.74, 6) is -2.15. The number of hydrogen-bond acceptors (Lipinski definition) is 3. The smallest absolute Gasteiger partial charge is 0.362 e. The van der Waals surface area contributed by atoms with Crippen LogP contribution in [0.1, 0.15) is 42.5 Å². The zero-order valence-electron chi connectivity index (χ0n) is 12.7. The average molecular weight is 405 g/mol. The van der Waals surface area contributed by atoms with Crippen molar-refractivity contribution < 1.29 is 23.1 Å². The topological polar surface area (TPSA) is 52.9 Å². The van der Waals surface area contributed by atoms with E-state index in [2.05, 4.69) is 21.0 Å². The molecular formula is C16H16BrF3N2O2. The monoisotopic (exact) mass is 404 g/mol. The summed E-state index contributed by atoms with van der Waals surface area (Å²) in [6.07, 6.45) is -2.37. The van der Waals surface area contributed by atoms with Crippen LogP contribution in [-0.4, -0.2) is 33.6 Å². The van der Waals surface area contributed by atoms with Crippen LogP contribution in [0, 0.1) is 5.92 Å². The van der Waals surface area contributed by atoms with Crippen molar-refractivity contribution >= 4 is 27.5 Å². The van der Waals surface area contributed by atoms with Gasteiger partial charge >= 0.3 is 6.18 Å². The van der Waals surface area contributed by atoms with Crippen molar-refractivity contribution in [2.45, 2.75) is 44.0 Å². The van der Waals surface area contributed by atoms with Gasteiger partial charge in [0.1, 0.15) is 0 Å². The Labute approximate surface area is 145 Å². The predicted molar refractivity (Wildman–Crippen MR) is 85.3 cm³/mol. The highest BCUT2D eigenvalue weighted by Crippen LogP contribution is 2.48. The molecule has 0 radical (unpaired) electrons. The van der Waals surface area contributed by atoms with E-state index in [-0.39, 0.29) is 22.7 Å². The summed E-state index contributed by atoms with van der Waals surface area (Å²) >= 11 is 3.21. The van der Waals surface area contributed by atoms with Crippen molar-refractivity contribution in [2.24, 2.45) is 11.0 Å². The van der Waals surface area contributed by atoms with Gasteiger partial charge < -0.3 is 5.11 Å². The highest BCUT2D eigenvalue weighted by Gasteiger charge is 2.68. The zero-order valence-corrected chi connectivity index (χ0v) is 14.3. The van der Waals surface area contributed by atoms with Gasteiger partial charge in [0.25, 0.3) is 11.6 Å². The van der Waals surface area contributed by atoms with Crippen LogP contribution in [0.2, 0.25) is 0 Å². The minimum absolute atomic E-state index is 0.0432. The summed E-state index contributed by atoms with van der Waals surface area (Å²) < 4.78 is 41.8. The highest BCUT2D eigenvalue weighted by atomic mass is 79.9. The molecule has 2 aliphatic rings. The third kappa shape index (κ3) is 2.75. The second kappa shape index (κ2) is 6.15. The standard InChI is InChI=1S/C16H16BrF3N2O2/c17-11-8-6-10(7-9-11)14(23)22-15(24,16(18,19)20)12-4-2-1-3-5-13(12)21-22/h6-9,12,24H,1-5H2/t12-,15-/m1/s1. The number of fused-ring (bicyclic) bond motifs is 1. The molecule has 130 valence electrons. The molecule has 1 amide bonds. The lowest BCUT2D eigenvalue weighted by Crippen LogP contribution is -2.61. The Balaban J connectivity index is 2.03. The Bertz CT molecular complexity index is 675. The Hall–Kier alpha value is -1.41. The van der Waals surface area contributed by atoms with E-state index in [1.54, 1.807) is 12.1 Å². The second-order valence-electron chi connectivity index (χ2n) is 6.09. The fourth-order valence-electron chi connectivity index (χ4n) is 3.31. The molecule has 1 N–H and O–H groups in total. The van der Waals surface area contributed by atoms with Gasteiger partial charge in [-0.1, -0.05) is 28.8 Å². The Morgan fingerprint density at radius 1 is 1.25 bits per heavy atom. The maximum atomic E-state index is 13.7. The summed E-state index contributed by atoms with van der Waals surface area (Å²) in [6, 6.07) is 5.91. The van der Waals surface area contributed by atoms with E-state index in [9.17, 15) is 23.1 Å². The molecule has 24 heavy (non-hydrogen) atoms. The molecular weight excluding hydrogens is 389 g/mol. The van der Waals surface area contributed by atoms with Crippen molar-refractivity contribution in [3.63, 3.8) is 0 Å². The number of rotatable bonds is 1. The third-order valence-electron chi connectivity index (χ3n) is 4.57. The normalized spacial score (nSPS) is 27.5. The van der Waals surface area contributed by atoms with Crippen LogP contribution in [0.25, 0.3) is 0 Å². The number of alkyl halides is 3. The maximum Gasteiger partial charge on any atom is 0.439 e. The summed E-state index contributed by atoms with van der Waals surface area (Å²) in [4.78, 5) is 12.6. The van der Waals surface area contributed by atoms with E-state index in [4.69, 9.17) is 0 Å². The van der Waals surface area contributed by atoms with Gasteiger partial charge in [-0.2, -0.15) is 23.3 Å². The van der Waals surface area contributed by atoms with Crippen LogP contribution in [0.5, 0.6) is 0 Å². The van der Waals surface area contributed by atoms with E-state index in [1.165, 1.54) is 12.1 Å². The molecule has 1 aromatic carbocycles. The van der Waals surface area contributed by atoms with Gasteiger partial charge in [-0.3, -0.25) is 4.79 Å². The van der Waals surface area contributed by atoms with Crippen LogP contribution in [0.3, 0.4) is 0 Å². The predicted octanol–water partition coefficient (Wildman–Crippen LogP) is 4.09. The molecule has 1 fully saturated rings. The van der Waals surface area contributed by atoms with Crippen molar-refractivity contribution in [2.75, 3.05) is 0 Å². The van der Waals surface area contributed by atoms with Gasteiger partial charge in [-0.05, 0) is 43.5 Å². The van der Waals surface area contributed by atoms with Gasteiger partial charge in [0, 0.05) is 15.7 Å². The van der Waals surface area contributed by atoms with Gasteiger partial charge in [-0.15, -0.1) is 0 Å². The number of benzene rings is 1. The lowest BCUT2D eigenvalue weighted by molar-refractivity contribution is -0.312. The number of amides is 1. The molecule has 4 nitrogen and oxygen atoms in total. The lowest BCUT2D eigenvalue weighted by atomic mass is 9.87. The first-order valence-electron chi connectivity index (χ1n) is 7.71. The first kappa shape index (κ1) is 17.4. The van der Waals surface area contributed by atoms with Gasteiger partial charge in [0.15, 0.2) is 0 Å². The van der Waals surface area contributed by atoms with E-state index in [0.717, 1.165) is 6.42 Å². The van der Waals surface area contributed by atoms with E-state index < -0.39 is 23.7 Å². The molecule has 1 aromatic rings. The molecule has 1 saturated carbocycles. The average Bonchev–Trinajstić information content (AvgIpc) is 2.68. The summed E-state index contributed by atoms with van der Waals surface area (Å²) in [7, 11) is 0. The summed E-state index contributed by atoms with van der Waals surface area (Å²) in [5, 5.41) is 14.7. The molecule has 1 aliphatic carbocycles. The number of carbonyl (C=O) groups is 1. The van der Waals surface area contributed by atoms with Gasteiger partial charge in [0.05, 0.1) is 5.92 Å². The number of halogens is 4. The van der Waals surface area contributed by atoms with Crippen LogP contribution in [0.15, 0.2) is 33.8 Å². The van der Waals surface area contributed by atoms with Crippen molar-refractivity contribution in [1.82, 2.24) is 5.01 Å². The largest absolute Gasteiger partial charge is 0.439 e. The maximum absolute atomic E-state index is 13.7. The van der Waals surface area contributed by atoms with Gasteiger partial charge in [0.2, 0.25) is 0 Å². The minimum atomic E-state index is -4.99. The number of aliphatic hydroxyl groups is 1. The molecule has 0 aromatic heterocycles. The van der Waals surface area contributed by atoms with Crippen LogP contribution < -0.4 is 0 Å². The quantitative estimate of drug-likeness (QED) is 0.765. The summed E-state index contributed by atoms with van der Waals surface area (Å²) in [6.45, 7) is 0. The molecule has 0 saturated heterocycles. The van der Waals surface area contributed by atoms with Crippen molar-refractivity contribution in [3.8, 4) is 0 Å². The minimum Gasteiger partial charge on any atom is -0.362 e. The molecule has 3 rings (SSSR count). The molecule has 1 heterocycles. The van der Waals surface area contributed by atoms with Crippen LogP contribution in [0.4, 0.5) is 13.2 Å². The zero-order chi connectivity index (χ0) is 17.5. The number of hydrogen-bond donors (Lipinski definition) is 1. The third-order valence-corrected chi connectivity index (χ3v) is 5.09. The summed E-state index contributed by atoms with van der Waals surface area (Å²) in [5.41, 5.74) is -2.98. The Kier molecular flexibility index (Phi) is 4.46. The first-order chi connectivity index (χ1) is 11.2. The Morgan fingerprint density at radius 2 is 1.92 bits per heavy atom. The molecule has 0 unspecified atom stereocenters. The van der Waals surface area contributed by atoms with E-state index in [1.807, 2.05) is 0 Å². The van der Waals surface area contributed by atoms with Gasteiger partial charge in [-0.25, -0.2) is 0 Å². The molecule has 0 spiro atoms. The number of hydrazone groups is 1. The fourth-order valence-corrected chi connectivity index (χ4v) is 3.57. The lowest BCUT2D eigenvalue weighted by Gasteiger charge is -2.37. The second-order valence-corrected chi connectivity index (χ2v) is 7.01. The van der Waals surface area contributed by atoms with Crippen molar-refractivity contribution in [3.05, 3.63) is 34.3 Å². The fraction of sp³-hybridized carbons (Fsp3) is 0.500. The number of nitrogens with zero attached hydrogens (tertiary/aromatic N) is 2. The Morgan fingerprint density at radius 3 is 2.54 bits per heavy atom. The van der Waals surface area contributed by atoms with E-state index in [0.29, 0.717) is 23.7 Å².